The van der Waals surface area contributed by atoms with E-state index < -0.39 is 0 Å². The molecule has 3 heterocycles. The third-order valence-electron chi connectivity index (χ3n) is 4.70. The Bertz CT molecular complexity index is 989. The second-order valence-electron chi connectivity index (χ2n) is 6.31. The van der Waals surface area contributed by atoms with Gasteiger partial charge in [0.05, 0.1) is 21.1 Å². The molecule has 2 aliphatic rings. The Labute approximate surface area is 172 Å². The molecule has 2 atom stereocenters. The molecule has 130 valence electrons. The van der Waals surface area contributed by atoms with Gasteiger partial charge in [-0.15, -0.1) is 11.3 Å². The fourth-order valence-corrected chi connectivity index (χ4v) is 5.62. The predicted octanol–water partition coefficient (Wildman–Crippen LogP) is 6.52. The highest BCUT2D eigenvalue weighted by Gasteiger charge is 2.42. The Balaban J connectivity index is 1.65. The van der Waals surface area contributed by atoms with Gasteiger partial charge in [-0.25, -0.2) is 5.01 Å². The Morgan fingerprint density at radius 1 is 1.08 bits per heavy atom. The number of fused-ring (bicyclic) bond motifs is 3. The molecular weight excluding hydrogens is 476 g/mol. The van der Waals surface area contributed by atoms with Crippen molar-refractivity contribution in [2.75, 3.05) is 0 Å². The van der Waals surface area contributed by atoms with Crippen LogP contribution in [-0.2, 0) is 0 Å². The van der Waals surface area contributed by atoms with Crippen LogP contribution in [0, 0.1) is 0 Å². The van der Waals surface area contributed by atoms with E-state index in [1.807, 2.05) is 24.3 Å². The molecule has 3 aromatic rings. The summed E-state index contributed by atoms with van der Waals surface area (Å²) in [5.41, 5.74) is 3.39. The third-order valence-corrected chi connectivity index (χ3v) is 6.66. The second kappa shape index (κ2) is 6.51. The number of halogens is 2. The van der Waals surface area contributed by atoms with Crippen molar-refractivity contribution in [1.82, 2.24) is 5.01 Å². The van der Waals surface area contributed by atoms with Crippen LogP contribution in [0.4, 0.5) is 0 Å². The molecule has 1 aromatic heterocycles. The quantitative estimate of drug-likeness (QED) is 0.409. The number of nitrogens with zero attached hydrogens (tertiary/aromatic N) is 2. The standard InChI is InChI=1S/C20H14Br2N2OS/c21-13-9-14-17-11-16(18-7-4-8-26-18)23-24(17)20(12-5-2-1-3-6-12)25-19(14)15(22)10-13/h1-10,17,20H,11H2/t17-,20+/m1/s1. The highest BCUT2D eigenvalue weighted by atomic mass is 79.9. The Kier molecular flexibility index (Phi) is 4.14. The van der Waals surface area contributed by atoms with Crippen LogP contribution in [0.3, 0.4) is 0 Å². The fraction of sp³-hybridized carbons (Fsp3) is 0.150. The summed E-state index contributed by atoms with van der Waals surface area (Å²) in [7, 11) is 0. The Morgan fingerprint density at radius 2 is 1.92 bits per heavy atom. The van der Waals surface area contributed by atoms with Crippen LogP contribution >= 0.6 is 43.2 Å². The van der Waals surface area contributed by atoms with Crippen molar-refractivity contribution >= 4 is 48.9 Å². The molecule has 5 rings (SSSR count). The number of ether oxygens (including phenoxy) is 1. The molecule has 0 unspecified atom stereocenters. The average molecular weight is 490 g/mol. The summed E-state index contributed by atoms with van der Waals surface area (Å²) in [6, 6.07) is 18.8. The van der Waals surface area contributed by atoms with Gasteiger partial charge in [0.2, 0.25) is 6.23 Å². The van der Waals surface area contributed by atoms with Gasteiger partial charge in [-0.3, -0.25) is 0 Å². The lowest BCUT2D eigenvalue weighted by molar-refractivity contribution is -0.0197. The lowest BCUT2D eigenvalue weighted by Crippen LogP contribution is -2.33. The van der Waals surface area contributed by atoms with Crippen molar-refractivity contribution in [1.29, 1.82) is 0 Å². The van der Waals surface area contributed by atoms with Crippen LogP contribution in [0.15, 0.2) is 74.0 Å². The number of thiophene rings is 1. The molecule has 0 fully saturated rings. The van der Waals surface area contributed by atoms with Gasteiger partial charge in [0.15, 0.2) is 0 Å². The highest BCUT2D eigenvalue weighted by molar-refractivity contribution is 9.11. The zero-order valence-electron chi connectivity index (χ0n) is 13.6. The monoisotopic (exact) mass is 488 g/mol. The molecule has 0 spiro atoms. The minimum atomic E-state index is -0.233. The molecule has 26 heavy (non-hydrogen) atoms. The molecule has 0 saturated heterocycles. The van der Waals surface area contributed by atoms with Gasteiger partial charge < -0.3 is 4.74 Å². The van der Waals surface area contributed by atoms with Crippen LogP contribution in [0.5, 0.6) is 5.75 Å². The Morgan fingerprint density at radius 3 is 2.69 bits per heavy atom. The van der Waals surface area contributed by atoms with E-state index in [9.17, 15) is 0 Å². The first-order chi connectivity index (χ1) is 12.7. The van der Waals surface area contributed by atoms with Gasteiger partial charge in [0.25, 0.3) is 0 Å². The largest absolute Gasteiger partial charge is 0.463 e. The zero-order valence-corrected chi connectivity index (χ0v) is 17.6. The summed E-state index contributed by atoms with van der Waals surface area (Å²) in [4.78, 5) is 1.22. The molecule has 0 saturated carbocycles. The molecule has 0 aliphatic carbocycles. The number of benzene rings is 2. The van der Waals surface area contributed by atoms with Crippen molar-refractivity contribution in [3.05, 3.63) is 84.9 Å². The number of hydrogen-bond donors (Lipinski definition) is 0. The van der Waals surface area contributed by atoms with E-state index in [1.54, 1.807) is 11.3 Å². The normalized spacial score (nSPS) is 21.0. The summed E-state index contributed by atoms with van der Waals surface area (Å²) in [6.07, 6.45) is 0.645. The maximum Gasteiger partial charge on any atom is 0.213 e. The van der Waals surface area contributed by atoms with Crippen molar-refractivity contribution in [2.24, 2.45) is 5.10 Å². The van der Waals surface area contributed by atoms with E-state index in [0.29, 0.717) is 0 Å². The first kappa shape index (κ1) is 16.5. The summed E-state index contributed by atoms with van der Waals surface area (Å²) >= 11 is 9.02. The SMILES string of the molecule is Brc1cc(Br)c2c(c1)[C@H]1CC(c3cccs3)=NN1[C@H](c1ccccc1)O2. The van der Waals surface area contributed by atoms with Gasteiger partial charge in [-0.05, 0) is 39.5 Å². The minimum Gasteiger partial charge on any atom is -0.463 e. The smallest absolute Gasteiger partial charge is 0.213 e. The van der Waals surface area contributed by atoms with Crippen molar-refractivity contribution in [2.45, 2.75) is 18.7 Å². The summed E-state index contributed by atoms with van der Waals surface area (Å²) in [5.74, 6) is 0.908. The van der Waals surface area contributed by atoms with E-state index in [4.69, 9.17) is 9.84 Å². The predicted molar refractivity (Wildman–Crippen MR) is 112 cm³/mol. The van der Waals surface area contributed by atoms with Crippen molar-refractivity contribution < 1.29 is 4.74 Å². The Hall–Kier alpha value is -1.63. The molecular formula is C20H14Br2N2OS. The van der Waals surface area contributed by atoms with E-state index in [2.05, 4.69) is 72.6 Å². The molecule has 2 aromatic carbocycles. The van der Waals surface area contributed by atoms with Crippen molar-refractivity contribution in [3.8, 4) is 5.75 Å². The van der Waals surface area contributed by atoms with Gasteiger partial charge in [0, 0.05) is 22.0 Å². The lowest BCUT2D eigenvalue weighted by Gasteiger charge is -2.38. The van der Waals surface area contributed by atoms with Gasteiger partial charge in [-0.1, -0.05) is 52.3 Å². The topological polar surface area (TPSA) is 24.8 Å². The minimum absolute atomic E-state index is 0.162. The molecule has 6 heteroatoms. The molecule has 0 amide bonds. The van der Waals surface area contributed by atoms with Crippen molar-refractivity contribution in [3.63, 3.8) is 0 Å². The number of hydrogen-bond acceptors (Lipinski definition) is 4. The highest BCUT2D eigenvalue weighted by Crippen LogP contribution is 2.50. The van der Waals surface area contributed by atoms with Crippen LogP contribution in [0.2, 0.25) is 0 Å². The number of rotatable bonds is 2. The zero-order chi connectivity index (χ0) is 17.7. The van der Waals surface area contributed by atoms with Crippen LogP contribution in [0.25, 0.3) is 0 Å². The fourth-order valence-electron chi connectivity index (χ4n) is 3.54. The van der Waals surface area contributed by atoms with E-state index >= 15 is 0 Å². The summed E-state index contributed by atoms with van der Waals surface area (Å²) < 4.78 is 8.44. The molecule has 3 nitrogen and oxygen atoms in total. The van der Waals surface area contributed by atoms with Crippen LogP contribution < -0.4 is 4.74 Å². The summed E-state index contributed by atoms with van der Waals surface area (Å²) in [5, 5.41) is 9.19. The lowest BCUT2D eigenvalue weighted by atomic mass is 9.98. The molecule has 2 aliphatic heterocycles. The van der Waals surface area contributed by atoms with Crippen LogP contribution in [-0.4, -0.2) is 10.7 Å². The van der Waals surface area contributed by atoms with E-state index in [0.717, 1.165) is 38.0 Å². The maximum absolute atomic E-state index is 6.44. The maximum atomic E-state index is 6.44. The first-order valence-electron chi connectivity index (χ1n) is 8.31. The van der Waals surface area contributed by atoms with Gasteiger partial charge in [-0.2, -0.15) is 5.10 Å². The number of hydrazone groups is 1. The molecule has 0 N–H and O–H groups in total. The molecule has 0 radical (unpaired) electrons. The second-order valence-corrected chi connectivity index (χ2v) is 9.03. The van der Waals surface area contributed by atoms with Crippen LogP contribution in [0.1, 0.15) is 34.7 Å². The van der Waals surface area contributed by atoms with E-state index in [-0.39, 0.29) is 12.3 Å². The van der Waals surface area contributed by atoms with Gasteiger partial charge >= 0.3 is 0 Å². The average Bonchev–Trinajstić information content (AvgIpc) is 3.31. The van der Waals surface area contributed by atoms with Gasteiger partial charge in [0.1, 0.15) is 5.75 Å². The summed E-state index contributed by atoms with van der Waals surface area (Å²) in [6.45, 7) is 0. The molecule has 0 bridgehead atoms. The first-order valence-corrected chi connectivity index (χ1v) is 10.8. The third kappa shape index (κ3) is 2.71. The van der Waals surface area contributed by atoms with E-state index in [1.165, 1.54) is 4.88 Å².